The van der Waals surface area contributed by atoms with Crippen LogP contribution >= 0.6 is 23.2 Å². The summed E-state index contributed by atoms with van der Waals surface area (Å²) in [4.78, 5) is 16.5. The third kappa shape index (κ3) is 4.31. The largest absolute Gasteiger partial charge is 0.340 e. The second kappa shape index (κ2) is 7.87. The smallest absolute Gasteiger partial charge is 0.257 e. The second-order valence-corrected chi connectivity index (χ2v) is 6.17. The van der Waals surface area contributed by atoms with Crippen LogP contribution in [0.15, 0.2) is 60.8 Å². The predicted octanol–water partition coefficient (Wildman–Crippen LogP) is 5.26. The lowest BCUT2D eigenvalue weighted by molar-refractivity contribution is 0.102. The molecule has 3 rings (SSSR count). The Morgan fingerprint density at radius 3 is 2.62 bits per heavy atom. The van der Waals surface area contributed by atoms with Crippen LogP contribution < -0.4 is 10.6 Å². The Morgan fingerprint density at radius 1 is 1.08 bits per heavy atom. The molecule has 128 valence electrons. The summed E-state index contributed by atoms with van der Waals surface area (Å²) in [5.41, 5.74) is 2.14. The predicted molar refractivity (Wildman–Crippen MR) is 103 cm³/mol. The number of rotatable bonds is 4. The molecule has 0 aliphatic carbocycles. The van der Waals surface area contributed by atoms with E-state index in [2.05, 4.69) is 21.7 Å². The van der Waals surface area contributed by atoms with Crippen molar-refractivity contribution in [2.45, 2.75) is 0 Å². The van der Waals surface area contributed by atoms with Gasteiger partial charge in [0, 0.05) is 16.9 Å². The molecule has 0 saturated carbocycles. The standard InChI is InChI=1S/C19H12Cl2N4O/c20-14-5-6-17(16(21)9-14)25-19(26)13-4-7-18(23-11-13)24-15-3-1-2-12(8-15)10-22/h1-9,11H,(H,23,24)(H,25,26). The fraction of sp³-hybridized carbons (Fsp3) is 0. The molecule has 0 unspecified atom stereocenters. The van der Waals surface area contributed by atoms with Crippen molar-refractivity contribution >= 4 is 46.3 Å². The number of benzene rings is 2. The highest BCUT2D eigenvalue weighted by atomic mass is 35.5. The SMILES string of the molecule is N#Cc1cccc(Nc2ccc(C(=O)Nc3ccc(Cl)cc3Cl)cn2)c1. The lowest BCUT2D eigenvalue weighted by atomic mass is 10.2. The first-order chi connectivity index (χ1) is 12.5. The van der Waals surface area contributed by atoms with Crippen molar-refractivity contribution in [2.24, 2.45) is 0 Å². The highest BCUT2D eigenvalue weighted by molar-refractivity contribution is 6.36. The van der Waals surface area contributed by atoms with Crippen molar-refractivity contribution in [1.82, 2.24) is 4.98 Å². The summed E-state index contributed by atoms with van der Waals surface area (Å²) in [5, 5.41) is 15.6. The molecule has 0 bridgehead atoms. The Morgan fingerprint density at radius 2 is 1.92 bits per heavy atom. The van der Waals surface area contributed by atoms with Crippen LogP contribution in [0.4, 0.5) is 17.2 Å². The maximum absolute atomic E-state index is 12.3. The number of carbonyl (C=O) groups is 1. The monoisotopic (exact) mass is 382 g/mol. The van der Waals surface area contributed by atoms with Gasteiger partial charge in [-0.05, 0) is 48.5 Å². The van der Waals surface area contributed by atoms with Crippen LogP contribution in [-0.4, -0.2) is 10.9 Å². The highest BCUT2D eigenvalue weighted by Gasteiger charge is 2.09. The van der Waals surface area contributed by atoms with E-state index < -0.39 is 0 Å². The van der Waals surface area contributed by atoms with E-state index in [4.69, 9.17) is 28.5 Å². The Bertz CT molecular complexity index is 997. The molecule has 2 aromatic carbocycles. The molecule has 7 heteroatoms. The first-order valence-corrected chi connectivity index (χ1v) is 8.30. The number of halogens is 2. The van der Waals surface area contributed by atoms with Gasteiger partial charge >= 0.3 is 0 Å². The molecule has 0 radical (unpaired) electrons. The highest BCUT2D eigenvalue weighted by Crippen LogP contribution is 2.26. The molecular formula is C19H12Cl2N4O. The normalized spacial score (nSPS) is 10.0. The second-order valence-electron chi connectivity index (χ2n) is 5.33. The van der Waals surface area contributed by atoms with Crippen LogP contribution in [0.2, 0.25) is 10.0 Å². The van der Waals surface area contributed by atoms with Gasteiger partial charge in [-0.15, -0.1) is 0 Å². The number of nitrogens with zero attached hydrogens (tertiary/aromatic N) is 2. The number of aromatic nitrogens is 1. The summed E-state index contributed by atoms with van der Waals surface area (Å²) in [7, 11) is 0. The van der Waals surface area contributed by atoms with Crippen molar-refractivity contribution in [2.75, 3.05) is 10.6 Å². The van der Waals surface area contributed by atoms with E-state index >= 15 is 0 Å². The Kier molecular flexibility index (Phi) is 5.37. The van der Waals surface area contributed by atoms with Crippen LogP contribution in [-0.2, 0) is 0 Å². The molecule has 26 heavy (non-hydrogen) atoms. The van der Waals surface area contributed by atoms with Crippen LogP contribution in [0.25, 0.3) is 0 Å². The summed E-state index contributed by atoms with van der Waals surface area (Å²) in [6, 6.07) is 17.3. The van der Waals surface area contributed by atoms with Gasteiger partial charge in [0.2, 0.25) is 0 Å². The molecule has 1 amide bonds. The van der Waals surface area contributed by atoms with Gasteiger partial charge < -0.3 is 10.6 Å². The van der Waals surface area contributed by atoms with E-state index in [1.165, 1.54) is 6.20 Å². The van der Waals surface area contributed by atoms with Crippen molar-refractivity contribution in [3.8, 4) is 6.07 Å². The number of hydrogen-bond acceptors (Lipinski definition) is 4. The van der Waals surface area contributed by atoms with E-state index in [0.717, 1.165) is 5.69 Å². The number of nitriles is 1. The first kappa shape index (κ1) is 17.7. The van der Waals surface area contributed by atoms with Crippen LogP contribution in [0.1, 0.15) is 15.9 Å². The van der Waals surface area contributed by atoms with E-state index in [-0.39, 0.29) is 5.91 Å². The lowest BCUT2D eigenvalue weighted by Crippen LogP contribution is -2.12. The van der Waals surface area contributed by atoms with Gasteiger partial charge in [0.05, 0.1) is 27.9 Å². The summed E-state index contributed by atoms with van der Waals surface area (Å²) in [5.74, 6) is 0.223. The molecule has 0 spiro atoms. The Labute approximate surface area is 160 Å². The molecule has 0 atom stereocenters. The zero-order chi connectivity index (χ0) is 18.5. The summed E-state index contributed by atoms with van der Waals surface area (Å²) in [6.07, 6.45) is 1.45. The minimum Gasteiger partial charge on any atom is -0.340 e. The molecule has 1 aromatic heterocycles. The molecule has 0 aliphatic rings. The van der Waals surface area contributed by atoms with Crippen molar-refractivity contribution in [3.05, 3.63) is 82.0 Å². The zero-order valence-electron chi connectivity index (χ0n) is 13.3. The third-order valence-electron chi connectivity index (χ3n) is 3.47. The van der Waals surface area contributed by atoms with E-state index in [1.54, 1.807) is 48.5 Å². The average Bonchev–Trinajstić information content (AvgIpc) is 2.64. The number of anilines is 3. The van der Waals surface area contributed by atoms with E-state index in [0.29, 0.717) is 32.7 Å². The molecule has 2 N–H and O–H groups in total. The minimum atomic E-state index is -0.334. The van der Waals surface area contributed by atoms with Gasteiger partial charge in [-0.25, -0.2) is 4.98 Å². The van der Waals surface area contributed by atoms with E-state index in [1.807, 2.05) is 6.07 Å². The number of carbonyl (C=O) groups excluding carboxylic acids is 1. The van der Waals surface area contributed by atoms with Crippen molar-refractivity contribution in [1.29, 1.82) is 5.26 Å². The van der Waals surface area contributed by atoms with Crippen molar-refractivity contribution in [3.63, 3.8) is 0 Å². The van der Waals surface area contributed by atoms with Gasteiger partial charge in [0.25, 0.3) is 5.91 Å². The summed E-state index contributed by atoms with van der Waals surface area (Å²) in [6.45, 7) is 0. The fourth-order valence-electron chi connectivity index (χ4n) is 2.20. The maximum Gasteiger partial charge on any atom is 0.257 e. The molecule has 0 aliphatic heterocycles. The van der Waals surface area contributed by atoms with E-state index in [9.17, 15) is 4.79 Å². The molecule has 1 heterocycles. The summed E-state index contributed by atoms with van der Waals surface area (Å²) < 4.78 is 0. The number of hydrogen-bond donors (Lipinski definition) is 2. The van der Waals surface area contributed by atoms with Gasteiger partial charge in [0.1, 0.15) is 5.82 Å². The fourth-order valence-corrected chi connectivity index (χ4v) is 2.66. The Balaban J connectivity index is 1.70. The minimum absolute atomic E-state index is 0.334. The van der Waals surface area contributed by atoms with Crippen molar-refractivity contribution < 1.29 is 4.79 Å². The topological polar surface area (TPSA) is 77.8 Å². The average molecular weight is 383 g/mol. The quantitative estimate of drug-likeness (QED) is 0.645. The molecule has 0 fully saturated rings. The van der Waals surface area contributed by atoms with Gasteiger partial charge in [-0.3, -0.25) is 4.79 Å². The maximum atomic E-state index is 12.3. The number of pyridine rings is 1. The van der Waals surface area contributed by atoms with Crippen LogP contribution in [0, 0.1) is 11.3 Å². The van der Waals surface area contributed by atoms with Gasteiger partial charge in [-0.1, -0.05) is 29.3 Å². The summed E-state index contributed by atoms with van der Waals surface area (Å²) >= 11 is 11.9. The molecule has 3 aromatic rings. The third-order valence-corrected chi connectivity index (χ3v) is 4.02. The van der Waals surface area contributed by atoms with Gasteiger partial charge in [-0.2, -0.15) is 5.26 Å². The van der Waals surface area contributed by atoms with Crippen LogP contribution in [0.3, 0.4) is 0 Å². The first-order valence-electron chi connectivity index (χ1n) is 7.55. The number of amides is 1. The van der Waals surface area contributed by atoms with Crippen LogP contribution in [0.5, 0.6) is 0 Å². The lowest BCUT2D eigenvalue weighted by Gasteiger charge is -2.09. The Hall–Kier alpha value is -3.07. The molecular weight excluding hydrogens is 371 g/mol. The molecule has 5 nitrogen and oxygen atoms in total. The van der Waals surface area contributed by atoms with Gasteiger partial charge in [0.15, 0.2) is 0 Å². The number of nitrogens with one attached hydrogen (secondary N) is 2. The zero-order valence-corrected chi connectivity index (χ0v) is 14.8. The molecule has 0 saturated heterocycles.